The molecule has 0 heterocycles. The van der Waals surface area contributed by atoms with E-state index in [4.69, 9.17) is 10.8 Å². The maximum absolute atomic E-state index is 12.3. The minimum Gasteiger partial charge on any atom is -0.508 e. The third kappa shape index (κ3) is 5.19. The quantitative estimate of drug-likeness (QED) is 0.660. The van der Waals surface area contributed by atoms with Gasteiger partial charge in [-0.05, 0) is 30.5 Å². The molecule has 0 aliphatic heterocycles. The first-order valence-corrected chi connectivity index (χ1v) is 7.01. The normalized spacial score (nSPS) is 12.2. The fraction of sp³-hybridized carbons (Fsp3) is 0.533. The zero-order chi connectivity index (χ0) is 15.0. The molecule has 1 aromatic rings. The first-order chi connectivity index (χ1) is 9.58. The van der Waals surface area contributed by atoms with Crippen molar-refractivity contribution in [3.05, 3.63) is 29.8 Å². The summed E-state index contributed by atoms with van der Waals surface area (Å²) in [5.74, 6) is 0.0547. The summed E-state index contributed by atoms with van der Waals surface area (Å²) < 4.78 is 0. The highest BCUT2D eigenvalue weighted by Gasteiger charge is 2.20. The van der Waals surface area contributed by atoms with Crippen LogP contribution in [0.15, 0.2) is 24.3 Å². The number of unbranched alkanes of at least 4 members (excludes halogenated alkanes) is 1. The molecule has 0 aromatic heterocycles. The fourth-order valence-electron chi connectivity index (χ4n) is 2.01. The molecular weight excluding hydrogens is 256 g/mol. The van der Waals surface area contributed by atoms with Gasteiger partial charge in [0, 0.05) is 13.1 Å². The Morgan fingerprint density at radius 2 is 1.95 bits per heavy atom. The molecule has 0 saturated heterocycles. The lowest BCUT2D eigenvalue weighted by Crippen LogP contribution is -2.46. The van der Waals surface area contributed by atoms with Gasteiger partial charge in [-0.1, -0.05) is 25.5 Å². The monoisotopic (exact) mass is 280 g/mol. The second-order valence-electron chi connectivity index (χ2n) is 4.88. The number of hydrogen-bond donors (Lipinski definition) is 3. The molecule has 0 fully saturated rings. The second-order valence-corrected chi connectivity index (χ2v) is 4.88. The van der Waals surface area contributed by atoms with Gasteiger partial charge in [-0.15, -0.1) is 0 Å². The van der Waals surface area contributed by atoms with Crippen molar-refractivity contribution in [3.63, 3.8) is 0 Å². The second kappa shape index (κ2) is 8.55. The van der Waals surface area contributed by atoms with Crippen LogP contribution in [0.4, 0.5) is 0 Å². The number of amides is 1. The highest BCUT2D eigenvalue weighted by Crippen LogP contribution is 2.11. The Bertz CT molecular complexity index is 406. The van der Waals surface area contributed by atoms with Crippen molar-refractivity contribution in [3.8, 4) is 5.75 Å². The number of benzene rings is 1. The average molecular weight is 280 g/mol. The summed E-state index contributed by atoms with van der Waals surface area (Å²) >= 11 is 0. The SMILES string of the molecule is CCCCN(CCO)C(=O)C(N)Cc1ccc(O)cc1. The lowest BCUT2D eigenvalue weighted by molar-refractivity contribution is -0.133. The van der Waals surface area contributed by atoms with E-state index < -0.39 is 6.04 Å². The van der Waals surface area contributed by atoms with Crippen molar-refractivity contribution in [2.45, 2.75) is 32.2 Å². The van der Waals surface area contributed by atoms with Crippen LogP contribution in [0.1, 0.15) is 25.3 Å². The number of aromatic hydroxyl groups is 1. The Balaban J connectivity index is 2.60. The van der Waals surface area contributed by atoms with Gasteiger partial charge in [0.15, 0.2) is 0 Å². The largest absolute Gasteiger partial charge is 0.508 e. The van der Waals surface area contributed by atoms with Gasteiger partial charge in [-0.3, -0.25) is 4.79 Å². The molecule has 0 spiro atoms. The molecule has 0 aliphatic carbocycles. The number of aliphatic hydroxyl groups excluding tert-OH is 1. The number of hydrogen-bond acceptors (Lipinski definition) is 4. The Morgan fingerprint density at radius 1 is 1.30 bits per heavy atom. The molecule has 5 heteroatoms. The van der Waals surface area contributed by atoms with Gasteiger partial charge >= 0.3 is 0 Å². The van der Waals surface area contributed by atoms with Gasteiger partial charge in [0.1, 0.15) is 5.75 Å². The summed E-state index contributed by atoms with van der Waals surface area (Å²) in [6.45, 7) is 2.95. The number of nitrogens with two attached hydrogens (primary N) is 1. The molecule has 0 aliphatic rings. The summed E-state index contributed by atoms with van der Waals surface area (Å²) in [5.41, 5.74) is 6.86. The molecule has 1 aromatic carbocycles. The van der Waals surface area contributed by atoms with Crippen molar-refractivity contribution in [2.75, 3.05) is 19.7 Å². The summed E-state index contributed by atoms with van der Waals surface area (Å²) in [7, 11) is 0. The van der Waals surface area contributed by atoms with Crippen LogP contribution < -0.4 is 5.73 Å². The number of phenolic OH excluding ortho intramolecular Hbond substituents is 1. The van der Waals surface area contributed by atoms with E-state index in [2.05, 4.69) is 6.92 Å². The molecule has 1 unspecified atom stereocenters. The summed E-state index contributed by atoms with van der Waals surface area (Å²) in [6.07, 6.45) is 2.31. The Hall–Kier alpha value is -1.59. The molecule has 4 N–H and O–H groups in total. The molecule has 20 heavy (non-hydrogen) atoms. The van der Waals surface area contributed by atoms with E-state index in [0.717, 1.165) is 18.4 Å². The standard InChI is InChI=1S/C15H24N2O3/c1-2-3-8-17(9-10-18)15(20)14(16)11-12-4-6-13(19)7-5-12/h4-7,14,18-19H,2-3,8-11,16H2,1H3. The van der Waals surface area contributed by atoms with Crippen LogP contribution >= 0.6 is 0 Å². The Morgan fingerprint density at radius 3 is 2.50 bits per heavy atom. The van der Waals surface area contributed by atoms with Gasteiger partial charge in [0.25, 0.3) is 0 Å². The molecule has 1 atom stereocenters. The first kappa shape index (κ1) is 16.5. The Labute approximate surface area is 120 Å². The van der Waals surface area contributed by atoms with Crippen molar-refractivity contribution in [1.29, 1.82) is 0 Å². The third-order valence-electron chi connectivity index (χ3n) is 3.17. The van der Waals surface area contributed by atoms with E-state index >= 15 is 0 Å². The van der Waals surface area contributed by atoms with Crippen molar-refractivity contribution < 1.29 is 15.0 Å². The number of carbonyl (C=O) groups excluding carboxylic acids is 1. The van der Waals surface area contributed by atoms with Gasteiger partial charge < -0.3 is 20.8 Å². The average Bonchev–Trinajstić information content (AvgIpc) is 2.45. The van der Waals surface area contributed by atoms with Gasteiger partial charge in [-0.2, -0.15) is 0 Å². The molecule has 0 bridgehead atoms. The topological polar surface area (TPSA) is 86.8 Å². The van der Waals surface area contributed by atoms with Crippen LogP contribution in [0, 0.1) is 0 Å². The van der Waals surface area contributed by atoms with Crippen LogP contribution in [-0.2, 0) is 11.2 Å². The predicted octanol–water partition coefficient (Wildman–Crippen LogP) is 0.883. The van der Waals surface area contributed by atoms with Gasteiger partial charge in [0.2, 0.25) is 5.91 Å². The lowest BCUT2D eigenvalue weighted by Gasteiger charge is -2.25. The van der Waals surface area contributed by atoms with Crippen LogP contribution in [0.5, 0.6) is 5.75 Å². The summed E-state index contributed by atoms with van der Waals surface area (Å²) in [5, 5.41) is 18.2. The molecular formula is C15H24N2O3. The van der Waals surface area contributed by atoms with E-state index in [1.54, 1.807) is 29.2 Å². The highest BCUT2D eigenvalue weighted by molar-refractivity contribution is 5.82. The van der Waals surface area contributed by atoms with Crippen LogP contribution in [0.3, 0.4) is 0 Å². The van der Waals surface area contributed by atoms with E-state index in [0.29, 0.717) is 19.5 Å². The smallest absolute Gasteiger partial charge is 0.239 e. The van der Waals surface area contributed by atoms with Crippen LogP contribution in [0.25, 0.3) is 0 Å². The number of aliphatic hydroxyl groups is 1. The molecule has 1 amide bonds. The number of phenols is 1. The van der Waals surface area contributed by atoms with Gasteiger partial charge in [-0.25, -0.2) is 0 Å². The van der Waals surface area contributed by atoms with Crippen molar-refractivity contribution in [1.82, 2.24) is 4.90 Å². The minimum absolute atomic E-state index is 0.0542. The highest BCUT2D eigenvalue weighted by atomic mass is 16.3. The van der Waals surface area contributed by atoms with Gasteiger partial charge in [0.05, 0.1) is 12.6 Å². The zero-order valence-electron chi connectivity index (χ0n) is 12.0. The maximum atomic E-state index is 12.3. The van der Waals surface area contributed by atoms with E-state index in [-0.39, 0.29) is 18.3 Å². The number of nitrogens with zero attached hydrogens (tertiary/aromatic N) is 1. The van der Waals surface area contributed by atoms with E-state index in [9.17, 15) is 9.90 Å². The minimum atomic E-state index is -0.622. The van der Waals surface area contributed by atoms with Crippen molar-refractivity contribution in [2.24, 2.45) is 5.73 Å². The molecule has 1 rings (SSSR count). The fourth-order valence-corrected chi connectivity index (χ4v) is 2.01. The summed E-state index contributed by atoms with van der Waals surface area (Å²) in [6, 6.07) is 6.04. The Kier molecular flexibility index (Phi) is 7.04. The van der Waals surface area contributed by atoms with E-state index in [1.807, 2.05) is 0 Å². The maximum Gasteiger partial charge on any atom is 0.239 e. The molecule has 112 valence electrons. The summed E-state index contributed by atoms with van der Waals surface area (Å²) in [4.78, 5) is 13.9. The lowest BCUT2D eigenvalue weighted by atomic mass is 10.1. The molecule has 0 saturated carbocycles. The molecule has 5 nitrogen and oxygen atoms in total. The van der Waals surface area contributed by atoms with E-state index in [1.165, 1.54) is 0 Å². The number of carbonyl (C=O) groups is 1. The molecule has 0 radical (unpaired) electrons. The zero-order valence-corrected chi connectivity index (χ0v) is 12.0. The third-order valence-corrected chi connectivity index (χ3v) is 3.17. The van der Waals surface area contributed by atoms with Crippen LogP contribution in [0.2, 0.25) is 0 Å². The first-order valence-electron chi connectivity index (χ1n) is 7.01. The number of rotatable bonds is 8. The predicted molar refractivity (Wildman–Crippen MR) is 78.4 cm³/mol. The van der Waals surface area contributed by atoms with Crippen LogP contribution in [-0.4, -0.2) is 46.8 Å². The van der Waals surface area contributed by atoms with Crippen molar-refractivity contribution >= 4 is 5.91 Å².